The van der Waals surface area contributed by atoms with Gasteiger partial charge >= 0.3 is 6.03 Å². The lowest BCUT2D eigenvalue weighted by Crippen LogP contribution is -2.30. The average Bonchev–Trinajstić information content (AvgIpc) is 2.81. The second kappa shape index (κ2) is 7.68. The van der Waals surface area contributed by atoms with Crippen LogP contribution in [0.25, 0.3) is 0 Å². The van der Waals surface area contributed by atoms with Crippen LogP contribution in [0.5, 0.6) is 11.5 Å². The molecule has 0 atom stereocenters. The van der Waals surface area contributed by atoms with Crippen molar-refractivity contribution in [3.05, 3.63) is 53.8 Å². The zero-order valence-corrected chi connectivity index (χ0v) is 13.2. The Balaban J connectivity index is 1.49. The summed E-state index contributed by atoms with van der Waals surface area (Å²) in [6.45, 7) is 1.69. The quantitative estimate of drug-likeness (QED) is 0.904. The van der Waals surface area contributed by atoms with E-state index in [0.717, 1.165) is 12.0 Å². The number of urea groups is 1. The predicted octanol–water partition coefficient (Wildman–Crippen LogP) is 3.35. The van der Waals surface area contributed by atoms with Gasteiger partial charge in [-0.1, -0.05) is 12.1 Å². The molecule has 1 aliphatic heterocycles. The van der Waals surface area contributed by atoms with E-state index in [1.54, 1.807) is 30.3 Å². The summed E-state index contributed by atoms with van der Waals surface area (Å²) in [6, 6.07) is 11.2. The normalized spacial score (nSPS) is 13.0. The molecule has 6 heteroatoms. The van der Waals surface area contributed by atoms with Gasteiger partial charge < -0.3 is 20.1 Å². The molecule has 0 fully saturated rings. The number of halogens is 1. The maximum absolute atomic E-state index is 12.8. The molecule has 0 aromatic heterocycles. The van der Waals surface area contributed by atoms with Crippen LogP contribution >= 0.6 is 0 Å². The minimum atomic E-state index is -0.299. The molecule has 0 spiro atoms. The molecule has 24 heavy (non-hydrogen) atoms. The molecule has 2 amide bonds. The lowest BCUT2D eigenvalue weighted by molar-refractivity contribution is 0.252. The Bertz CT molecular complexity index is 704. The Hall–Kier alpha value is -2.76. The Kier molecular flexibility index (Phi) is 5.15. The first-order chi connectivity index (χ1) is 11.7. The molecule has 3 rings (SSSR count). The summed E-state index contributed by atoms with van der Waals surface area (Å²) in [7, 11) is 0. The van der Waals surface area contributed by atoms with Crippen LogP contribution in [-0.4, -0.2) is 25.8 Å². The first kappa shape index (κ1) is 16.1. The van der Waals surface area contributed by atoms with Gasteiger partial charge in [0, 0.05) is 24.7 Å². The van der Waals surface area contributed by atoms with Crippen molar-refractivity contribution in [2.75, 3.05) is 25.1 Å². The number of fused-ring (bicyclic) bond motifs is 1. The van der Waals surface area contributed by atoms with E-state index >= 15 is 0 Å². The van der Waals surface area contributed by atoms with E-state index in [9.17, 15) is 9.18 Å². The second-order valence-electron chi connectivity index (χ2n) is 5.47. The number of rotatable bonds is 4. The lowest BCUT2D eigenvalue weighted by atomic mass is 10.1. The summed E-state index contributed by atoms with van der Waals surface area (Å²) in [5, 5.41) is 5.53. The molecule has 0 saturated carbocycles. The third kappa shape index (κ3) is 4.38. The van der Waals surface area contributed by atoms with Gasteiger partial charge in [0.15, 0.2) is 11.5 Å². The van der Waals surface area contributed by atoms with Crippen LogP contribution in [0.3, 0.4) is 0 Å². The molecule has 5 nitrogen and oxygen atoms in total. The van der Waals surface area contributed by atoms with Gasteiger partial charge in [0.1, 0.15) is 5.82 Å². The van der Waals surface area contributed by atoms with E-state index in [1.807, 2.05) is 0 Å². The minimum absolute atomic E-state index is 0.265. The monoisotopic (exact) mass is 330 g/mol. The largest absolute Gasteiger partial charge is 0.490 e. The third-order valence-electron chi connectivity index (χ3n) is 3.62. The molecule has 2 aromatic rings. The van der Waals surface area contributed by atoms with Gasteiger partial charge in [-0.15, -0.1) is 0 Å². The van der Waals surface area contributed by atoms with E-state index in [0.29, 0.717) is 43.4 Å². The molecule has 0 unspecified atom stereocenters. The molecule has 0 bridgehead atoms. The van der Waals surface area contributed by atoms with Crippen molar-refractivity contribution >= 4 is 11.7 Å². The summed E-state index contributed by atoms with van der Waals surface area (Å²) in [5.41, 5.74) is 1.60. The van der Waals surface area contributed by atoms with E-state index in [1.165, 1.54) is 12.1 Å². The highest BCUT2D eigenvalue weighted by Gasteiger charge is 2.11. The summed E-state index contributed by atoms with van der Waals surface area (Å²) < 4.78 is 24.0. The molecule has 126 valence electrons. The van der Waals surface area contributed by atoms with Crippen molar-refractivity contribution in [1.82, 2.24) is 5.32 Å². The van der Waals surface area contributed by atoms with Gasteiger partial charge in [0.25, 0.3) is 0 Å². The molecule has 2 N–H and O–H groups in total. The van der Waals surface area contributed by atoms with Crippen molar-refractivity contribution < 1.29 is 18.7 Å². The average molecular weight is 330 g/mol. The van der Waals surface area contributed by atoms with Crippen LogP contribution < -0.4 is 20.1 Å². The topological polar surface area (TPSA) is 59.6 Å². The number of carbonyl (C=O) groups excluding carboxylic acids is 1. The van der Waals surface area contributed by atoms with Gasteiger partial charge in [-0.2, -0.15) is 0 Å². The lowest BCUT2D eigenvalue weighted by Gasteiger charge is -2.11. The highest BCUT2D eigenvalue weighted by Crippen LogP contribution is 2.32. The van der Waals surface area contributed by atoms with Crippen LogP contribution in [0.15, 0.2) is 42.5 Å². The molecule has 1 heterocycles. The number of hydrogen-bond donors (Lipinski definition) is 2. The third-order valence-corrected chi connectivity index (χ3v) is 3.62. The zero-order chi connectivity index (χ0) is 16.8. The van der Waals surface area contributed by atoms with E-state index in [2.05, 4.69) is 10.6 Å². The smallest absolute Gasteiger partial charge is 0.319 e. The van der Waals surface area contributed by atoms with Crippen LogP contribution in [-0.2, 0) is 6.42 Å². The Morgan fingerprint density at radius 1 is 1.04 bits per heavy atom. The molecular formula is C18H19FN2O3. The zero-order valence-electron chi connectivity index (χ0n) is 13.2. The van der Waals surface area contributed by atoms with Crippen molar-refractivity contribution in [3.8, 4) is 11.5 Å². The number of amides is 2. The SMILES string of the molecule is O=C(NCCc1ccc(F)cc1)Nc1ccc2c(c1)OCCCO2. The summed E-state index contributed by atoms with van der Waals surface area (Å²) in [4.78, 5) is 11.9. The highest BCUT2D eigenvalue weighted by molar-refractivity contribution is 5.89. The van der Waals surface area contributed by atoms with Gasteiger partial charge in [0.2, 0.25) is 0 Å². The number of anilines is 1. The van der Waals surface area contributed by atoms with Crippen molar-refractivity contribution in [2.45, 2.75) is 12.8 Å². The number of nitrogens with one attached hydrogen (secondary N) is 2. The fraction of sp³-hybridized carbons (Fsp3) is 0.278. The number of benzene rings is 2. The van der Waals surface area contributed by atoms with Crippen molar-refractivity contribution in [1.29, 1.82) is 0 Å². The maximum atomic E-state index is 12.8. The molecule has 1 aliphatic rings. The van der Waals surface area contributed by atoms with Crippen LogP contribution in [0.1, 0.15) is 12.0 Å². The van der Waals surface area contributed by atoms with E-state index in [4.69, 9.17) is 9.47 Å². The Labute approximate surface area is 139 Å². The first-order valence-corrected chi connectivity index (χ1v) is 7.90. The van der Waals surface area contributed by atoms with Gasteiger partial charge in [-0.05, 0) is 36.2 Å². The fourth-order valence-electron chi connectivity index (χ4n) is 2.39. The van der Waals surface area contributed by atoms with Gasteiger partial charge in [0.05, 0.1) is 13.2 Å². The predicted molar refractivity (Wildman–Crippen MR) is 89.2 cm³/mol. The minimum Gasteiger partial charge on any atom is -0.490 e. The molecule has 2 aromatic carbocycles. The Morgan fingerprint density at radius 3 is 2.58 bits per heavy atom. The van der Waals surface area contributed by atoms with E-state index in [-0.39, 0.29) is 11.8 Å². The van der Waals surface area contributed by atoms with Gasteiger partial charge in [-0.25, -0.2) is 9.18 Å². The standard InChI is InChI=1S/C18H19FN2O3/c19-14-4-2-13(3-5-14)8-9-20-18(22)21-15-6-7-16-17(12-15)24-11-1-10-23-16/h2-7,12H,1,8-11H2,(H2,20,21,22). The van der Waals surface area contributed by atoms with Crippen LogP contribution in [0.2, 0.25) is 0 Å². The molecule has 0 radical (unpaired) electrons. The molecule has 0 aliphatic carbocycles. The fourth-order valence-corrected chi connectivity index (χ4v) is 2.39. The van der Waals surface area contributed by atoms with Crippen molar-refractivity contribution in [3.63, 3.8) is 0 Å². The Morgan fingerprint density at radius 2 is 1.79 bits per heavy atom. The van der Waals surface area contributed by atoms with Crippen LogP contribution in [0, 0.1) is 5.82 Å². The summed E-state index contributed by atoms with van der Waals surface area (Å²) >= 11 is 0. The number of hydrogen-bond acceptors (Lipinski definition) is 3. The number of carbonyl (C=O) groups is 1. The molecular weight excluding hydrogens is 311 g/mol. The van der Waals surface area contributed by atoms with E-state index < -0.39 is 0 Å². The highest BCUT2D eigenvalue weighted by atomic mass is 19.1. The second-order valence-corrected chi connectivity index (χ2v) is 5.47. The van der Waals surface area contributed by atoms with Gasteiger partial charge in [-0.3, -0.25) is 0 Å². The summed E-state index contributed by atoms with van der Waals surface area (Å²) in [5.74, 6) is 1.06. The maximum Gasteiger partial charge on any atom is 0.319 e. The summed E-state index contributed by atoms with van der Waals surface area (Å²) in [6.07, 6.45) is 1.47. The van der Waals surface area contributed by atoms with Crippen LogP contribution in [0.4, 0.5) is 14.9 Å². The first-order valence-electron chi connectivity index (χ1n) is 7.90. The molecule has 0 saturated heterocycles. The van der Waals surface area contributed by atoms with Crippen molar-refractivity contribution in [2.24, 2.45) is 0 Å². The number of ether oxygens (including phenoxy) is 2.